The zero-order valence-corrected chi connectivity index (χ0v) is 11.6. The van der Waals surface area contributed by atoms with Crippen molar-refractivity contribution < 1.29 is 9.18 Å². The normalized spacial score (nSPS) is 20.8. The molecule has 0 saturated carbocycles. The summed E-state index contributed by atoms with van der Waals surface area (Å²) in [5, 5.41) is 14.5. The topological polar surface area (TPSA) is 72.7 Å². The van der Waals surface area contributed by atoms with E-state index in [4.69, 9.17) is 0 Å². The molecule has 1 atom stereocenters. The van der Waals surface area contributed by atoms with Crippen LogP contribution < -0.4 is 5.32 Å². The van der Waals surface area contributed by atoms with E-state index in [2.05, 4.69) is 20.8 Å². The Hall–Kier alpha value is -2.22. The van der Waals surface area contributed by atoms with Crippen LogP contribution in [0, 0.1) is 5.82 Å². The summed E-state index contributed by atoms with van der Waals surface area (Å²) in [6, 6.07) is 5.79. The lowest BCUT2D eigenvalue weighted by Gasteiger charge is -2.31. The van der Waals surface area contributed by atoms with Gasteiger partial charge in [-0.25, -0.2) is 4.39 Å². The minimum absolute atomic E-state index is 0.0110. The van der Waals surface area contributed by atoms with E-state index in [0.29, 0.717) is 28.6 Å². The molecule has 1 unspecified atom stereocenters. The largest absolute Gasteiger partial charge is 0.325 e. The zero-order chi connectivity index (χ0) is 14.4. The fraction of sp³-hybridized carbons (Fsp3) is 0.231. The lowest BCUT2D eigenvalue weighted by molar-refractivity contribution is -0.113. The predicted octanol–water partition coefficient (Wildman–Crippen LogP) is 1.40. The maximum Gasteiger partial charge on any atom is 0.248 e. The molecule has 0 fully saturated rings. The van der Waals surface area contributed by atoms with E-state index < -0.39 is 6.04 Å². The van der Waals surface area contributed by atoms with E-state index in [9.17, 15) is 9.18 Å². The van der Waals surface area contributed by atoms with E-state index in [1.807, 2.05) is 0 Å². The number of anilines is 1. The molecular weight excluding hydrogens is 293 g/mol. The first kappa shape index (κ1) is 12.5. The third-order valence-electron chi connectivity index (χ3n) is 3.58. The van der Waals surface area contributed by atoms with Gasteiger partial charge in [-0.05, 0) is 16.5 Å². The molecule has 0 amide bonds. The van der Waals surface area contributed by atoms with Crippen molar-refractivity contribution in [1.82, 2.24) is 20.2 Å². The number of halogens is 1. The molecule has 3 heterocycles. The number of fused-ring (bicyclic) bond motifs is 1. The highest BCUT2D eigenvalue weighted by Crippen LogP contribution is 2.39. The lowest BCUT2D eigenvalue weighted by Crippen LogP contribution is -2.33. The van der Waals surface area contributed by atoms with E-state index in [-0.39, 0.29) is 11.6 Å². The minimum Gasteiger partial charge on any atom is -0.325 e. The summed E-state index contributed by atoms with van der Waals surface area (Å²) < 4.78 is 15.7. The highest BCUT2D eigenvalue weighted by molar-refractivity contribution is 8.00. The molecule has 0 spiro atoms. The number of thioether (sulfide) groups is 1. The molecule has 4 rings (SSSR count). The molecule has 8 heteroatoms. The van der Waals surface area contributed by atoms with Gasteiger partial charge in [0.05, 0.1) is 5.75 Å². The van der Waals surface area contributed by atoms with Gasteiger partial charge in [0.1, 0.15) is 11.9 Å². The molecule has 2 aromatic rings. The number of carbonyl (C=O) groups excluding carboxylic acids is 1. The predicted molar refractivity (Wildman–Crippen MR) is 75.3 cm³/mol. The van der Waals surface area contributed by atoms with Crippen molar-refractivity contribution in [3.05, 3.63) is 46.9 Å². The average molecular weight is 303 g/mol. The summed E-state index contributed by atoms with van der Waals surface area (Å²) in [5.41, 5.74) is 1.73. The minimum atomic E-state index is -0.610. The molecule has 2 aliphatic heterocycles. The van der Waals surface area contributed by atoms with E-state index in [0.717, 1.165) is 5.70 Å². The monoisotopic (exact) mass is 303 g/mol. The van der Waals surface area contributed by atoms with Gasteiger partial charge in [-0.2, -0.15) is 4.68 Å². The van der Waals surface area contributed by atoms with Crippen LogP contribution >= 0.6 is 11.8 Å². The van der Waals surface area contributed by atoms with Gasteiger partial charge < -0.3 is 5.32 Å². The van der Waals surface area contributed by atoms with Crippen LogP contribution in [0.15, 0.2) is 35.5 Å². The van der Waals surface area contributed by atoms with E-state index in [1.54, 1.807) is 18.2 Å². The zero-order valence-electron chi connectivity index (χ0n) is 10.8. The molecule has 21 heavy (non-hydrogen) atoms. The molecule has 1 aromatic carbocycles. The molecule has 1 aromatic heterocycles. The van der Waals surface area contributed by atoms with Gasteiger partial charge in [-0.1, -0.05) is 23.3 Å². The molecule has 106 valence electrons. The number of nitrogens with zero attached hydrogens (tertiary/aromatic N) is 4. The summed E-state index contributed by atoms with van der Waals surface area (Å²) in [4.78, 5) is 12.3. The maximum absolute atomic E-state index is 14.2. The van der Waals surface area contributed by atoms with Crippen LogP contribution in [0.5, 0.6) is 0 Å². The highest BCUT2D eigenvalue weighted by atomic mass is 32.2. The van der Waals surface area contributed by atoms with Crippen LogP contribution in [0.1, 0.15) is 11.6 Å². The first-order valence-electron chi connectivity index (χ1n) is 6.39. The number of tetrazole rings is 1. The van der Waals surface area contributed by atoms with Gasteiger partial charge in [0.2, 0.25) is 5.95 Å². The lowest BCUT2D eigenvalue weighted by atomic mass is 9.92. The quantitative estimate of drug-likeness (QED) is 0.858. The van der Waals surface area contributed by atoms with Crippen molar-refractivity contribution in [3.63, 3.8) is 0 Å². The number of carbonyl (C=O) groups is 1. The molecule has 1 N–H and O–H groups in total. The Morgan fingerprint density at radius 3 is 3.05 bits per heavy atom. The Balaban J connectivity index is 1.96. The van der Waals surface area contributed by atoms with Gasteiger partial charge in [0, 0.05) is 22.6 Å². The Kier molecular flexibility index (Phi) is 2.78. The average Bonchev–Trinajstić information content (AvgIpc) is 2.94. The van der Waals surface area contributed by atoms with Crippen molar-refractivity contribution in [1.29, 1.82) is 0 Å². The Labute approximate surface area is 123 Å². The summed E-state index contributed by atoms with van der Waals surface area (Å²) in [6.45, 7) is 0. The molecule has 0 aliphatic carbocycles. The Bertz CT molecular complexity index is 771. The smallest absolute Gasteiger partial charge is 0.248 e. The molecule has 6 nitrogen and oxygen atoms in total. The fourth-order valence-corrected chi connectivity index (χ4v) is 3.56. The first-order valence-corrected chi connectivity index (χ1v) is 7.54. The number of nitrogens with one attached hydrogen (secondary N) is 1. The van der Waals surface area contributed by atoms with E-state index in [1.165, 1.54) is 22.5 Å². The maximum atomic E-state index is 14.2. The van der Waals surface area contributed by atoms with Gasteiger partial charge in [0.15, 0.2) is 5.78 Å². The number of Topliss-reactive ketones (excluding diaryl/α,β-unsaturated/α-hetero) is 1. The number of allylic oxidation sites excluding steroid dienone is 1. The SMILES string of the molecule is O=C1CSCC2=C1C(c1ccccc1F)n1nnnc1N2. The number of hydrogen-bond donors (Lipinski definition) is 1. The van der Waals surface area contributed by atoms with Crippen LogP contribution in [0.2, 0.25) is 0 Å². The van der Waals surface area contributed by atoms with Gasteiger partial charge in [-0.15, -0.1) is 11.8 Å². The van der Waals surface area contributed by atoms with Crippen LogP contribution in [-0.4, -0.2) is 37.5 Å². The number of benzene rings is 1. The van der Waals surface area contributed by atoms with Gasteiger partial charge in [0.25, 0.3) is 0 Å². The Morgan fingerprint density at radius 1 is 1.33 bits per heavy atom. The Morgan fingerprint density at radius 2 is 2.19 bits per heavy atom. The third-order valence-corrected chi connectivity index (χ3v) is 4.54. The summed E-state index contributed by atoms with van der Waals surface area (Å²) in [6.07, 6.45) is 0. The molecule has 0 radical (unpaired) electrons. The van der Waals surface area contributed by atoms with Crippen molar-refractivity contribution in [2.24, 2.45) is 0 Å². The summed E-state index contributed by atoms with van der Waals surface area (Å²) >= 11 is 1.53. The van der Waals surface area contributed by atoms with Gasteiger partial charge in [-0.3, -0.25) is 4.79 Å². The second kappa shape index (κ2) is 4.66. The fourth-order valence-electron chi connectivity index (χ4n) is 2.68. The number of ketones is 1. The van der Waals surface area contributed by atoms with E-state index >= 15 is 0 Å². The molecule has 0 saturated heterocycles. The van der Waals surface area contributed by atoms with Gasteiger partial charge >= 0.3 is 0 Å². The third kappa shape index (κ3) is 1.86. The van der Waals surface area contributed by atoms with Crippen LogP contribution in [-0.2, 0) is 4.79 Å². The number of aromatic nitrogens is 4. The summed E-state index contributed by atoms with van der Waals surface area (Å²) in [7, 11) is 0. The number of hydrogen-bond acceptors (Lipinski definition) is 6. The number of rotatable bonds is 1. The van der Waals surface area contributed by atoms with Crippen LogP contribution in [0.25, 0.3) is 0 Å². The van der Waals surface area contributed by atoms with Crippen LogP contribution in [0.4, 0.5) is 10.3 Å². The molecule has 2 aliphatic rings. The van der Waals surface area contributed by atoms with Crippen LogP contribution in [0.3, 0.4) is 0 Å². The second-order valence-corrected chi connectivity index (χ2v) is 5.79. The van der Waals surface area contributed by atoms with Crippen molar-refractivity contribution in [2.45, 2.75) is 6.04 Å². The first-order chi connectivity index (χ1) is 10.3. The van der Waals surface area contributed by atoms with Crippen molar-refractivity contribution >= 4 is 23.5 Å². The van der Waals surface area contributed by atoms with Crippen molar-refractivity contribution in [3.8, 4) is 0 Å². The standard InChI is InChI=1S/C13H10FN5OS/c14-8-4-2-1-3-7(8)12-11-9(5-21-6-10(11)20)15-13-16-17-18-19(12)13/h1-4,12H,5-6H2,(H,15,16,18). The highest BCUT2D eigenvalue weighted by Gasteiger charge is 2.37. The van der Waals surface area contributed by atoms with Crippen molar-refractivity contribution in [2.75, 3.05) is 16.8 Å². The second-order valence-electron chi connectivity index (χ2n) is 4.80. The summed E-state index contributed by atoms with van der Waals surface area (Å²) in [5.74, 6) is 1.10. The molecule has 0 bridgehead atoms. The molecular formula is C13H10FN5OS.